The van der Waals surface area contributed by atoms with Crippen LogP contribution in [0.25, 0.3) is 0 Å². The van der Waals surface area contributed by atoms with Gasteiger partial charge < -0.3 is 16.4 Å². The minimum atomic E-state index is 0.206. The average molecular weight is 237 g/mol. The highest BCUT2D eigenvalue weighted by Crippen LogP contribution is 2.17. The lowest BCUT2D eigenvalue weighted by Crippen LogP contribution is -2.44. The van der Waals surface area contributed by atoms with Crippen LogP contribution in [0.5, 0.6) is 0 Å². The van der Waals surface area contributed by atoms with Gasteiger partial charge in [0.15, 0.2) is 0 Å². The molecule has 0 unspecified atom stereocenters. The molecule has 1 aromatic rings. The first-order chi connectivity index (χ1) is 8.16. The van der Waals surface area contributed by atoms with Crippen molar-refractivity contribution in [1.82, 2.24) is 15.1 Å². The fraction of sp³-hybridized carbons (Fsp3) is 0.750. The molecule has 4 N–H and O–H groups in total. The van der Waals surface area contributed by atoms with Gasteiger partial charge in [-0.25, -0.2) is 4.68 Å². The van der Waals surface area contributed by atoms with E-state index >= 15 is 0 Å². The summed E-state index contributed by atoms with van der Waals surface area (Å²) in [5, 5.41) is 11.0. The zero-order valence-electron chi connectivity index (χ0n) is 10.7. The Bertz CT molecular complexity index is 342. The minimum Gasteiger partial charge on any atom is -0.369 e. The molecule has 0 aliphatic carbocycles. The number of nitrogens with one attached hydrogen (secondary N) is 2. The zero-order valence-corrected chi connectivity index (χ0v) is 10.7. The van der Waals surface area contributed by atoms with Crippen molar-refractivity contribution in [2.75, 3.05) is 25.0 Å². The van der Waals surface area contributed by atoms with E-state index in [1.807, 2.05) is 12.3 Å². The monoisotopic (exact) mass is 237 g/mol. The van der Waals surface area contributed by atoms with Crippen LogP contribution in [-0.4, -0.2) is 35.5 Å². The van der Waals surface area contributed by atoms with E-state index < -0.39 is 0 Å². The number of aromatic nitrogens is 2. The van der Waals surface area contributed by atoms with Gasteiger partial charge >= 0.3 is 0 Å². The van der Waals surface area contributed by atoms with Gasteiger partial charge in [0.1, 0.15) is 5.82 Å². The molecule has 1 fully saturated rings. The lowest BCUT2D eigenvalue weighted by Gasteiger charge is -2.29. The van der Waals surface area contributed by atoms with Crippen LogP contribution >= 0.6 is 0 Å². The van der Waals surface area contributed by atoms with Crippen LogP contribution in [0.15, 0.2) is 12.3 Å². The highest BCUT2D eigenvalue weighted by molar-refractivity contribution is 5.35. The van der Waals surface area contributed by atoms with E-state index in [4.69, 9.17) is 5.73 Å². The van der Waals surface area contributed by atoms with Crippen molar-refractivity contribution in [3.8, 4) is 0 Å². The van der Waals surface area contributed by atoms with Crippen molar-refractivity contribution in [3.63, 3.8) is 0 Å². The topological polar surface area (TPSA) is 67.9 Å². The van der Waals surface area contributed by atoms with Gasteiger partial charge in [0.05, 0.1) is 12.2 Å². The molecule has 0 radical (unpaired) electrons. The van der Waals surface area contributed by atoms with E-state index in [2.05, 4.69) is 34.3 Å². The Morgan fingerprint density at radius 3 is 2.94 bits per heavy atom. The second-order valence-corrected chi connectivity index (χ2v) is 5.24. The number of nitrogens with two attached hydrogens (primary N) is 1. The van der Waals surface area contributed by atoms with E-state index in [0.29, 0.717) is 12.0 Å². The Balaban J connectivity index is 1.84. The maximum Gasteiger partial charge on any atom is 0.124 e. The van der Waals surface area contributed by atoms with Crippen LogP contribution in [0, 0.1) is 5.92 Å². The minimum absolute atomic E-state index is 0.206. The first-order valence-electron chi connectivity index (χ1n) is 6.40. The number of hydrogen-bond donors (Lipinski definition) is 3. The predicted molar refractivity (Wildman–Crippen MR) is 70.1 cm³/mol. The van der Waals surface area contributed by atoms with Crippen LogP contribution in [0.2, 0.25) is 0 Å². The Morgan fingerprint density at radius 2 is 2.35 bits per heavy atom. The summed E-state index contributed by atoms with van der Waals surface area (Å²) in [6.45, 7) is 7.22. The first kappa shape index (κ1) is 12.4. The van der Waals surface area contributed by atoms with Gasteiger partial charge in [-0.15, -0.1) is 0 Å². The van der Waals surface area contributed by atoms with E-state index in [-0.39, 0.29) is 6.04 Å². The smallest absolute Gasteiger partial charge is 0.124 e. The van der Waals surface area contributed by atoms with E-state index in [1.165, 1.54) is 0 Å². The maximum atomic E-state index is 6.06. The molecule has 1 saturated heterocycles. The normalized spacial score (nSPS) is 18.1. The molecule has 1 aliphatic rings. The Hall–Kier alpha value is -1.07. The number of rotatable bonds is 6. The largest absolute Gasteiger partial charge is 0.369 e. The Morgan fingerprint density at radius 1 is 1.59 bits per heavy atom. The van der Waals surface area contributed by atoms with E-state index in [1.54, 1.807) is 0 Å². The van der Waals surface area contributed by atoms with Crippen LogP contribution in [0.3, 0.4) is 0 Å². The Kier molecular flexibility index (Phi) is 4.02. The molecule has 2 rings (SSSR count). The van der Waals surface area contributed by atoms with Gasteiger partial charge in [0, 0.05) is 31.7 Å². The van der Waals surface area contributed by atoms with Gasteiger partial charge in [-0.2, -0.15) is 5.10 Å². The first-order valence-corrected chi connectivity index (χ1v) is 6.40. The van der Waals surface area contributed by atoms with Crippen molar-refractivity contribution in [2.45, 2.75) is 32.4 Å². The standard InChI is InChI=1S/C12H23N5/c1-9(2)5-10(13)6-15-12-3-4-16-17(12)11-7-14-8-11/h3-4,9-11,14-15H,5-8,13H2,1-2H3/t10-/m0/s1. The molecule has 0 saturated carbocycles. The lowest BCUT2D eigenvalue weighted by atomic mass is 10.0. The van der Waals surface area contributed by atoms with E-state index in [9.17, 15) is 0 Å². The molecule has 0 bridgehead atoms. The molecule has 1 atom stereocenters. The molecule has 17 heavy (non-hydrogen) atoms. The van der Waals surface area contributed by atoms with Crippen LogP contribution in [0.1, 0.15) is 26.3 Å². The fourth-order valence-corrected chi connectivity index (χ4v) is 2.12. The van der Waals surface area contributed by atoms with E-state index in [0.717, 1.165) is 31.9 Å². The number of hydrogen-bond acceptors (Lipinski definition) is 4. The number of anilines is 1. The van der Waals surface area contributed by atoms with Gasteiger partial charge in [-0.3, -0.25) is 0 Å². The molecule has 1 aromatic heterocycles. The Labute approximate surface area is 103 Å². The third-order valence-electron chi connectivity index (χ3n) is 3.10. The van der Waals surface area contributed by atoms with Gasteiger partial charge in [-0.05, 0) is 12.3 Å². The second kappa shape index (κ2) is 5.51. The zero-order chi connectivity index (χ0) is 12.3. The van der Waals surface area contributed by atoms with Crippen molar-refractivity contribution < 1.29 is 0 Å². The molecule has 0 spiro atoms. The number of nitrogens with zero attached hydrogens (tertiary/aromatic N) is 2. The molecule has 5 heteroatoms. The molecule has 5 nitrogen and oxygen atoms in total. The third-order valence-corrected chi connectivity index (χ3v) is 3.10. The molecule has 1 aliphatic heterocycles. The average Bonchev–Trinajstić information content (AvgIpc) is 2.59. The van der Waals surface area contributed by atoms with Gasteiger partial charge in [-0.1, -0.05) is 13.8 Å². The molecule has 96 valence electrons. The summed E-state index contributed by atoms with van der Waals surface area (Å²) < 4.78 is 2.05. The molecule has 2 heterocycles. The fourth-order valence-electron chi connectivity index (χ4n) is 2.12. The third kappa shape index (κ3) is 3.20. The SMILES string of the molecule is CC(C)C[C@H](N)CNc1ccnn1C1CNC1. The summed E-state index contributed by atoms with van der Waals surface area (Å²) in [7, 11) is 0. The van der Waals surface area contributed by atoms with Crippen molar-refractivity contribution in [3.05, 3.63) is 12.3 Å². The second-order valence-electron chi connectivity index (χ2n) is 5.24. The molecular formula is C12H23N5. The maximum absolute atomic E-state index is 6.06. The summed E-state index contributed by atoms with van der Waals surface area (Å²) in [5.41, 5.74) is 6.06. The lowest BCUT2D eigenvalue weighted by molar-refractivity contribution is 0.321. The van der Waals surface area contributed by atoms with Crippen molar-refractivity contribution in [2.24, 2.45) is 11.7 Å². The predicted octanol–water partition coefficient (Wildman–Crippen LogP) is 0.813. The highest BCUT2D eigenvalue weighted by Gasteiger charge is 2.21. The summed E-state index contributed by atoms with van der Waals surface area (Å²) in [6, 6.07) is 2.71. The summed E-state index contributed by atoms with van der Waals surface area (Å²) in [5.74, 6) is 1.73. The molecule has 0 amide bonds. The van der Waals surface area contributed by atoms with Crippen LogP contribution < -0.4 is 16.4 Å². The molecule has 0 aromatic carbocycles. The van der Waals surface area contributed by atoms with Crippen molar-refractivity contribution >= 4 is 5.82 Å². The molecular weight excluding hydrogens is 214 g/mol. The quantitative estimate of drug-likeness (QED) is 0.685. The summed E-state index contributed by atoms with van der Waals surface area (Å²) >= 11 is 0. The van der Waals surface area contributed by atoms with Gasteiger partial charge in [0.25, 0.3) is 0 Å². The highest BCUT2D eigenvalue weighted by atomic mass is 15.4. The van der Waals surface area contributed by atoms with Crippen LogP contribution in [-0.2, 0) is 0 Å². The summed E-state index contributed by atoms with van der Waals surface area (Å²) in [6.07, 6.45) is 2.89. The summed E-state index contributed by atoms with van der Waals surface area (Å²) in [4.78, 5) is 0. The van der Waals surface area contributed by atoms with Crippen LogP contribution in [0.4, 0.5) is 5.82 Å². The van der Waals surface area contributed by atoms with Gasteiger partial charge in [0.2, 0.25) is 0 Å². The van der Waals surface area contributed by atoms with Crippen molar-refractivity contribution in [1.29, 1.82) is 0 Å².